The number of thioether (sulfide) groups is 2. The molecule has 2 amide bonds. The molecule has 14 nitrogen and oxygen atoms in total. The van der Waals surface area contributed by atoms with Crippen LogP contribution in [0.1, 0.15) is 12.7 Å². The average Bonchev–Trinajstić information content (AvgIpc) is 3.57. The summed E-state index contributed by atoms with van der Waals surface area (Å²) in [4.78, 5) is 69.8. The van der Waals surface area contributed by atoms with Gasteiger partial charge in [0.1, 0.15) is 25.1 Å². The summed E-state index contributed by atoms with van der Waals surface area (Å²) in [7, 11) is -2.41. The van der Waals surface area contributed by atoms with Gasteiger partial charge in [-0.1, -0.05) is 16.9 Å². The van der Waals surface area contributed by atoms with E-state index in [2.05, 4.69) is 19.8 Å². The van der Waals surface area contributed by atoms with Crippen molar-refractivity contribution in [2.75, 3.05) is 17.4 Å². The average molecular weight is 643 g/mol. The highest BCUT2D eigenvalue weighted by Gasteiger charge is 2.50. The van der Waals surface area contributed by atoms with E-state index in [9.17, 15) is 24.3 Å². The fourth-order valence-electron chi connectivity index (χ4n) is 3.59. The van der Waals surface area contributed by atoms with E-state index in [4.69, 9.17) is 9.82 Å². The maximum Gasteiger partial charge on any atom is 0.522 e. The summed E-state index contributed by atoms with van der Waals surface area (Å²) in [6.07, 6.45) is 5.73. The van der Waals surface area contributed by atoms with Gasteiger partial charge in [-0.3, -0.25) is 9.59 Å². The summed E-state index contributed by atoms with van der Waals surface area (Å²) in [6.45, 7) is 1.83. The molecule has 210 valence electrons. The number of thiazole rings is 1. The van der Waals surface area contributed by atoms with E-state index >= 15 is 0 Å². The largest absolute Gasteiger partial charge is 0.522 e. The van der Waals surface area contributed by atoms with Crippen molar-refractivity contribution in [1.82, 2.24) is 24.6 Å². The molecule has 0 saturated carbocycles. The Hall–Kier alpha value is -2.70. The van der Waals surface area contributed by atoms with Crippen molar-refractivity contribution in [3.63, 3.8) is 0 Å². The molecule has 2 aliphatic heterocycles. The standard InChI is InChI=1S/C21H22N8O6PS4/c1-3-35-25-14(16-24-20(40-27-16)26-36(32,33)34)17(30)23-15-18(31)29-8-12(9-37-19(15)29)39-21-22-13(10-38-21)11-4-6-28(2)7-5-11/h4-8,10,15,19,32-34H,3,9H2,1-2H3,(H-,23,24,26,27,30)/q+1/p+1/b25-14-/t15-,19-/m1/s1. The zero-order valence-electron chi connectivity index (χ0n) is 20.9. The maximum atomic E-state index is 13.0. The molecule has 5 rings (SSSR count). The van der Waals surface area contributed by atoms with Crippen LogP contribution in [0.2, 0.25) is 0 Å². The van der Waals surface area contributed by atoms with Crippen molar-refractivity contribution in [2.45, 2.75) is 22.7 Å². The molecule has 19 heteroatoms. The van der Waals surface area contributed by atoms with Crippen LogP contribution in [-0.2, 0) is 21.5 Å². The Kier molecular flexibility index (Phi) is 8.67. The molecule has 1 saturated heterocycles. The molecular formula is C21H23N8O6PS4+2. The van der Waals surface area contributed by atoms with Crippen LogP contribution < -0.4 is 15.0 Å². The summed E-state index contributed by atoms with van der Waals surface area (Å²) in [5, 5.41) is 10.0. The van der Waals surface area contributed by atoms with Crippen molar-refractivity contribution < 1.29 is 33.7 Å². The monoisotopic (exact) mass is 642 g/mol. The second kappa shape index (κ2) is 12.0. The van der Waals surface area contributed by atoms with Gasteiger partial charge in [-0.15, -0.1) is 23.1 Å². The van der Waals surface area contributed by atoms with Crippen molar-refractivity contribution in [1.29, 1.82) is 0 Å². The lowest BCUT2D eigenvalue weighted by molar-refractivity contribution is -0.671. The number of oxime groups is 1. The third kappa shape index (κ3) is 6.60. The van der Waals surface area contributed by atoms with Crippen molar-refractivity contribution >= 4 is 77.1 Å². The zero-order chi connectivity index (χ0) is 28.4. The minimum Gasteiger partial charge on any atom is -0.395 e. The molecular weight excluding hydrogens is 620 g/mol. The Labute approximate surface area is 245 Å². The number of anilines is 1. The quantitative estimate of drug-likeness (QED) is 0.0703. The molecule has 5 N–H and O–H groups in total. The molecule has 5 heterocycles. The van der Waals surface area contributed by atoms with E-state index in [1.807, 2.05) is 46.6 Å². The fourth-order valence-corrected chi connectivity index (χ4v) is 8.15. The van der Waals surface area contributed by atoms with Gasteiger partial charge in [0, 0.05) is 51.5 Å². The SMILES string of the molecule is CCO/N=C(\C(=O)N[C@@H]1C(=O)N2C=C(Sc3nc(-c4cc[n+](C)cc4)cs3)CS[C@H]12)c1nsc(N[P+](O)(O)O)n1. The summed E-state index contributed by atoms with van der Waals surface area (Å²) < 4.78 is 6.79. The van der Waals surface area contributed by atoms with Crippen LogP contribution >= 0.6 is 54.5 Å². The van der Waals surface area contributed by atoms with Gasteiger partial charge in [0.05, 0.1) is 5.69 Å². The normalized spacial score (nSPS) is 19.0. The lowest BCUT2D eigenvalue weighted by Crippen LogP contribution is -2.69. The number of pyridine rings is 1. The van der Waals surface area contributed by atoms with Gasteiger partial charge in [-0.25, -0.2) is 9.55 Å². The summed E-state index contributed by atoms with van der Waals surface area (Å²) in [5.41, 5.74) is 1.63. The number of amides is 2. The van der Waals surface area contributed by atoms with Gasteiger partial charge in [-0.2, -0.15) is 29.1 Å². The molecule has 3 aromatic heterocycles. The maximum absolute atomic E-state index is 13.0. The Morgan fingerprint density at radius 2 is 2.10 bits per heavy atom. The number of aromatic nitrogens is 4. The number of carbonyl (C=O) groups is 2. The van der Waals surface area contributed by atoms with Crippen molar-refractivity contribution in [3.05, 3.63) is 46.8 Å². The van der Waals surface area contributed by atoms with Gasteiger partial charge >= 0.3 is 8.09 Å². The Balaban J connectivity index is 1.22. The van der Waals surface area contributed by atoms with E-state index in [0.717, 1.165) is 20.5 Å². The third-order valence-electron chi connectivity index (χ3n) is 5.41. The lowest BCUT2D eigenvalue weighted by atomic mass is 10.1. The summed E-state index contributed by atoms with van der Waals surface area (Å²) in [5.74, 6) is -0.542. The van der Waals surface area contributed by atoms with Gasteiger partial charge in [0.25, 0.3) is 11.8 Å². The second-order valence-electron chi connectivity index (χ2n) is 8.31. The third-order valence-corrected chi connectivity index (χ3v) is 10.2. The number of carbonyl (C=O) groups excluding carboxylic acids is 2. The van der Waals surface area contributed by atoms with E-state index in [1.165, 1.54) is 34.9 Å². The molecule has 0 unspecified atom stereocenters. The number of β-lactam (4-membered cyclic amide) rings is 1. The Morgan fingerprint density at radius 1 is 1.32 bits per heavy atom. The summed E-state index contributed by atoms with van der Waals surface area (Å²) >= 11 is 5.25. The van der Waals surface area contributed by atoms with Crippen LogP contribution in [0, 0.1) is 0 Å². The van der Waals surface area contributed by atoms with Crippen LogP contribution in [0.5, 0.6) is 0 Å². The molecule has 0 spiro atoms. The Morgan fingerprint density at radius 3 is 2.83 bits per heavy atom. The van der Waals surface area contributed by atoms with Crippen LogP contribution in [0.15, 0.2) is 50.5 Å². The number of fused-ring (bicyclic) bond motifs is 1. The van der Waals surface area contributed by atoms with Crippen LogP contribution in [0.3, 0.4) is 0 Å². The number of hydrogen-bond acceptors (Lipinski definition) is 15. The van der Waals surface area contributed by atoms with E-state index in [-0.39, 0.29) is 34.6 Å². The minimum absolute atomic E-state index is 0.137. The van der Waals surface area contributed by atoms with Gasteiger partial charge in [-0.05, 0) is 6.92 Å². The van der Waals surface area contributed by atoms with E-state index in [1.54, 1.807) is 18.0 Å². The molecule has 0 radical (unpaired) electrons. The van der Waals surface area contributed by atoms with E-state index in [0.29, 0.717) is 17.3 Å². The molecule has 0 aromatic carbocycles. The summed E-state index contributed by atoms with van der Waals surface area (Å²) in [6, 6.07) is 3.22. The molecule has 0 aliphatic carbocycles. The lowest BCUT2D eigenvalue weighted by Gasteiger charge is -2.47. The van der Waals surface area contributed by atoms with Crippen molar-refractivity contribution in [2.24, 2.45) is 12.2 Å². The molecule has 2 atom stereocenters. The van der Waals surface area contributed by atoms with Crippen LogP contribution in [-0.4, -0.2) is 75.2 Å². The fraction of sp³-hybridized carbons (Fsp3) is 0.286. The molecule has 2 aliphatic rings. The van der Waals surface area contributed by atoms with E-state index < -0.39 is 20.0 Å². The number of nitrogens with zero attached hydrogens (tertiary/aromatic N) is 6. The van der Waals surface area contributed by atoms with Gasteiger partial charge in [0.2, 0.25) is 16.7 Å². The first-order chi connectivity index (χ1) is 19.1. The first-order valence-corrected chi connectivity index (χ1v) is 16.7. The highest BCUT2D eigenvalue weighted by molar-refractivity contribution is 8.07. The topological polar surface area (TPSA) is 186 Å². The first kappa shape index (κ1) is 28.8. The molecule has 1 fully saturated rings. The van der Waals surface area contributed by atoms with Crippen molar-refractivity contribution in [3.8, 4) is 11.3 Å². The van der Waals surface area contributed by atoms with Gasteiger partial charge in [0.15, 0.2) is 16.7 Å². The zero-order valence-corrected chi connectivity index (χ0v) is 25.0. The highest BCUT2D eigenvalue weighted by Crippen LogP contribution is 2.44. The number of nitrogens with one attached hydrogen (secondary N) is 2. The molecule has 3 aromatic rings. The predicted octanol–water partition coefficient (Wildman–Crippen LogP) is 1.33. The van der Waals surface area contributed by atoms with Crippen LogP contribution in [0.4, 0.5) is 5.13 Å². The smallest absolute Gasteiger partial charge is 0.395 e. The number of rotatable bonds is 10. The first-order valence-electron chi connectivity index (χ1n) is 11.6. The predicted molar refractivity (Wildman–Crippen MR) is 153 cm³/mol. The second-order valence-corrected chi connectivity index (χ2v) is 13.8. The Bertz CT molecular complexity index is 1470. The number of hydrogen-bond donors (Lipinski definition) is 5. The van der Waals surface area contributed by atoms with Gasteiger partial charge < -0.3 is 15.1 Å². The molecule has 40 heavy (non-hydrogen) atoms. The van der Waals surface area contributed by atoms with Crippen LogP contribution in [0.25, 0.3) is 11.3 Å². The highest BCUT2D eigenvalue weighted by atomic mass is 32.2. The number of aryl methyl sites for hydroxylation is 1. The minimum atomic E-state index is -4.36. The molecule has 0 bridgehead atoms.